The molecule has 1 rings (SSSR count). The van der Waals surface area contributed by atoms with Crippen molar-refractivity contribution in [2.45, 2.75) is 18.2 Å². The first kappa shape index (κ1) is 12.5. The molecule has 0 saturated carbocycles. The van der Waals surface area contributed by atoms with Crippen molar-refractivity contribution in [2.24, 2.45) is 5.73 Å². The van der Waals surface area contributed by atoms with E-state index < -0.39 is 0 Å². The lowest BCUT2D eigenvalue weighted by molar-refractivity contribution is 0.218. The Morgan fingerprint density at radius 1 is 1.60 bits per heavy atom. The summed E-state index contributed by atoms with van der Waals surface area (Å²) in [5, 5.41) is 0.300. The van der Waals surface area contributed by atoms with Gasteiger partial charge < -0.3 is 10.5 Å². The van der Waals surface area contributed by atoms with E-state index in [1.54, 1.807) is 13.3 Å². The predicted molar refractivity (Wildman–Crippen MR) is 65.0 cm³/mol. The number of thioether (sulfide) groups is 1. The zero-order valence-corrected chi connectivity index (χ0v) is 10.0. The van der Waals surface area contributed by atoms with Crippen molar-refractivity contribution in [3.05, 3.63) is 30.1 Å². The number of ether oxygens (including phenoxy) is 1. The van der Waals surface area contributed by atoms with Crippen LogP contribution < -0.4 is 5.73 Å². The average Bonchev–Trinajstić information content (AvgIpc) is 2.25. The van der Waals surface area contributed by atoms with Crippen LogP contribution in [-0.2, 0) is 4.74 Å². The summed E-state index contributed by atoms with van der Waals surface area (Å²) < 4.78 is 5.03. The molecule has 0 aliphatic heterocycles. The van der Waals surface area contributed by atoms with Gasteiger partial charge in [-0.3, -0.25) is 4.98 Å². The molecule has 0 bridgehead atoms. The summed E-state index contributed by atoms with van der Waals surface area (Å²) in [4.78, 5) is 4.12. The maximum atomic E-state index is 5.96. The highest BCUT2D eigenvalue weighted by Gasteiger charge is 2.16. The molecule has 0 aromatic carbocycles. The van der Waals surface area contributed by atoms with Crippen LogP contribution in [0.1, 0.15) is 17.7 Å². The molecule has 1 heterocycles. The lowest BCUT2D eigenvalue weighted by Gasteiger charge is -2.20. The van der Waals surface area contributed by atoms with Gasteiger partial charge in [0.2, 0.25) is 0 Å². The molecular weight excluding hydrogens is 208 g/mol. The number of rotatable bonds is 6. The SMILES string of the molecule is COCCSC(c1cccnc1)C(C)N. The van der Waals surface area contributed by atoms with Crippen LogP contribution in [0.15, 0.2) is 24.5 Å². The minimum absolute atomic E-state index is 0.121. The first-order chi connectivity index (χ1) is 7.25. The van der Waals surface area contributed by atoms with Crippen LogP contribution in [0.25, 0.3) is 0 Å². The maximum absolute atomic E-state index is 5.96. The standard InChI is InChI=1S/C11H18N2OS/c1-9(12)11(15-7-6-14-2)10-4-3-5-13-8-10/h3-5,8-9,11H,6-7,12H2,1-2H3. The van der Waals surface area contributed by atoms with Crippen molar-refractivity contribution >= 4 is 11.8 Å². The van der Waals surface area contributed by atoms with Crippen LogP contribution in [0.4, 0.5) is 0 Å². The van der Waals surface area contributed by atoms with Gasteiger partial charge in [0.1, 0.15) is 0 Å². The van der Waals surface area contributed by atoms with Gasteiger partial charge in [-0.1, -0.05) is 6.07 Å². The molecule has 2 atom stereocenters. The summed E-state index contributed by atoms with van der Waals surface area (Å²) >= 11 is 1.82. The Hall–Kier alpha value is -0.580. The van der Waals surface area contributed by atoms with Gasteiger partial charge in [0.05, 0.1) is 6.61 Å². The molecule has 2 unspecified atom stereocenters. The molecule has 0 fully saturated rings. The van der Waals surface area contributed by atoms with Crippen molar-refractivity contribution in [2.75, 3.05) is 19.5 Å². The Kier molecular flexibility index (Phi) is 5.68. The first-order valence-corrected chi connectivity index (χ1v) is 6.06. The number of nitrogens with zero attached hydrogens (tertiary/aromatic N) is 1. The van der Waals surface area contributed by atoms with E-state index >= 15 is 0 Å². The monoisotopic (exact) mass is 226 g/mol. The van der Waals surface area contributed by atoms with Gasteiger partial charge in [0, 0.05) is 36.5 Å². The number of methoxy groups -OCH3 is 1. The zero-order valence-electron chi connectivity index (χ0n) is 9.22. The van der Waals surface area contributed by atoms with Gasteiger partial charge in [-0.15, -0.1) is 11.8 Å². The molecule has 0 radical (unpaired) electrons. The second-order valence-corrected chi connectivity index (χ2v) is 4.68. The molecule has 0 aliphatic carbocycles. The van der Waals surface area contributed by atoms with E-state index in [2.05, 4.69) is 11.1 Å². The van der Waals surface area contributed by atoms with Gasteiger partial charge in [0.25, 0.3) is 0 Å². The summed E-state index contributed by atoms with van der Waals surface area (Å²) in [6, 6.07) is 4.14. The van der Waals surface area contributed by atoms with Crippen LogP contribution >= 0.6 is 11.8 Å². The Labute approximate surface area is 95.4 Å². The van der Waals surface area contributed by atoms with Crippen molar-refractivity contribution in [3.8, 4) is 0 Å². The molecule has 0 saturated heterocycles. The summed E-state index contributed by atoms with van der Waals surface area (Å²) in [5.41, 5.74) is 7.15. The molecule has 1 aromatic heterocycles. The highest BCUT2D eigenvalue weighted by molar-refractivity contribution is 7.99. The molecule has 2 N–H and O–H groups in total. The highest BCUT2D eigenvalue weighted by Crippen LogP contribution is 2.30. The lowest BCUT2D eigenvalue weighted by Crippen LogP contribution is -2.23. The largest absolute Gasteiger partial charge is 0.384 e. The third-order valence-corrected chi connectivity index (χ3v) is 3.54. The normalized spacial score (nSPS) is 14.9. The van der Waals surface area contributed by atoms with Crippen LogP contribution in [-0.4, -0.2) is 30.5 Å². The first-order valence-electron chi connectivity index (χ1n) is 5.01. The minimum atomic E-state index is 0.121. The van der Waals surface area contributed by atoms with Crippen LogP contribution in [0.3, 0.4) is 0 Å². The summed E-state index contributed by atoms with van der Waals surface area (Å²) in [6.07, 6.45) is 3.66. The minimum Gasteiger partial charge on any atom is -0.384 e. The molecule has 1 aromatic rings. The number of nitrogens with two attached hydrogens (primary N) is 1. The van der Waals surface area contributed by atoms with Gasteiger partial charge in [-0.25, -0.2) is 0 Å². The average molecular weight is 226 g/mol. The van der Waals surface area contributed by atoms with Gasteiger partial charge in [-0.05, 0) is 18.6 Å². The van der Waals surface area contributed by atoms with Gasteiger partial charge in [0.15, 0.2) is 0 Å². The van der Waals surface area contributed by atoms with Crippen molar-refractivity contribution < 1.29 is 4.74 Å². The topological polar surface area (TPSA) is 48.1 Å². The Balaban J connectivity index is 2.58. The number of hydrogen-bond donors (Lipinski definition) is 1. The van der Waals surface area contributed by atoms with E-state index in [1.807, 2.05) is 30.9 Å². The highest BCUT2D eigenvalue weighted by atomic mass is 32.2. The summed E-state index contributed by atoms with van der Waals surface area (Å²) in [5.74, 6) is 0.956. The fraction of sp³-hybridized carbons (Fsp3) is 0.545. The molecule has 0 amide bonds. The Morgan fingerprint density at radius 3 is 2.93 bits per heavy atom. The number of hydrogen-bond acceptors (Lipinski definition) is 4. The second-order valence-electron chi connectivity index (χ2n) is 3.43. The van der Waals surface area contributed by atoms with E-state index in [0.717, 1.165) is 12.4 Å². The number of pyridine rings is 1. The summed E-state index contributed by atoms with van der Waals surface area (Å²) in [7, 11) is 1.71. The van der Waals surface area contributed by atoms with Crippen LogP contribution in [0.5, 0.6) is 0 Å². The van der Waals surface area contributed by atoms with E-state index in [9.17, 15) is 0 Å². The van der Waals surface area contributed by atoms with E-state index in [-0.39, 0.29) is 6.04 Å². The molecule has 15 heavy (non-hydrogen) atoms. The molecule has 3 nitrogen and oxygen atoms in total. The van der Waals surface area contributed by atoms with Crippen molar-refractivity contribution in [1.82, 2.24) is 4.98 Å². The van der Waals surface area contributed by atoms with Crippen molar-refractivity contribution in [1.29, 1.82) is 0 Å². The van der Waals surface area contributed by atoms with E-state index in [1.165, 1.54) is 5.56 Å². The summed E-state index contributed by atoms with van der Waals surface area (Å²) in [6.45, 7) is 2.78. The molecule has 4 heteroatoms. The maximum Gasteiger partial charge on any atom is 0.0553 e. The molecule has 0 aliphatic rings. The van der Waals surface area contributed by atoms with Crippen LogP contribution in [0, 0.1) is 0 Å². The fourth-order valence-corrected chi connectivity index (χ4v) is 2.51. The fourth-order valence-electron chi connectivity index (χ4n) is 1.35. The third-order valence-electron chi connectivity index (χ3n) is 2.08. The van der Waals surface area contributed by atoms with Gasteiger partial charge in [-0.2, -0.15) is 0 Å². The molecule has 84 valence electrons. The Morgan fingerprint density at radius 2 is 2.40 bits per heavy atom. The predicted octanol–water partition coefficient (Wildman–Crippen LogP) is 1.85. The second kappa shape index (κ2) is 6.82. The van der Waals surface area contributed by atoms with Crippen LogP contribution in [0.2, 0.25) is 0 Å². The van der Waals surface area contributed by atoms with E-state index in [0.29, 0.717) is 5.25 Å². The van der Waals surface area contributed by atoms with Crippen molar-refractivity contribution in [3.63, 3.8) is 0 Å². The number of aromatic nitrogens is 1. The lowest BCUT2D eigenvalue weighted by atomic mass is 10.1. The third kappa shape index (κ3) is 4.20. The smallest absolute Gasteiger partial charge is 0.0553 e. The van der Waals surface area contributed by atoms with E-state index in [4.69, 9.17) is 10.5 Å². The molecular formula is C11H18N2OS. The quantitative estimate of drug-likeness (QED) is 0.752. The van der Waals surface area contributed by atoms with Gasteiger partial charge >= 0.3 is 0 Å². The Bertz CT molecular complexity index is 267. The molecule has 0 spiro atoms. The zero-order chi connectivity index (χ0) is 11.1.